The fourth-order valence-electron chi connectivity index (χ4n) is 4.65. The maximum Gasteiger partial charge on any atom is 0.281 e. The van der Waals surface area contributed by atoms with Gasteiger partial charge in [0.25, 0.3) is 15.9 Å². The second-order valence-corrected chi connectivity index (χ2v) is 11.2. The summed E-state index contributed by atoms with van der Waals surface area (Å²) >= 11 is 0. The van der Waals surface area contributed by atoms with E-state index in [1.807, 2.05) is 4.90 Å². The van der Waals surface area contributed by atoms with E-state index in [1.54, 1.807) is 25.1 Å². The molecule has 8 nitrogen and oxygen atoms in total. The lowest BCUT2D eigenvalue weighted by Gasteiger charge is -2.34. The zero-order chi connectivity index (χ0) is 25.5. The number of aromatic nitrogens is 2. The average molecular weight is 498 g/mol. The van der Waals surface area contributed by atoms with E-state index in [2.05, 4.69) is 30.5 Å². The van der Waals surface area contributed by atoms with Gasteiger partial charge in [-0.2, -0.15) is 8.42 Å². The Morgan fingerprint density at radius 3 is 2.46 bits per heavy atom. The van der Waals surface area contributed by atoms with Crippen LogP contribution in [0.5, 0.6) is 0 Å². The summed E-state index contributed by atoms with van der Waals surface area (Å²) in [5.41, 5.74) is 7.36. The summed E-state index contributed by atoms with van der Waals surface area (Å²) < 4.78 is 41.4. The van der Waals surface area contributed by atoms with Crippen molar-refractivity contribution in [2.45, 2.75) is 44.7 Å². The quantitative estimate of drug-likeness (QED) is 0.548. The molecule has 10 heteroatoms. The van der Waals surface area contributed by atoms with E-state index >= 15 is 0 Å². The molecule has 1 unspecified atom stereocenters. The molecule has 0 spiro atoms. The number of aryl methyl sites for hydroxylation is 1. The lowest BCUT2D eigenvalue weighted by atomic mass is 9.97. The van der Waals surface area contributed by atoms with Crippen LogP contribution in [0.3, 0.4) is 0 Å². The summed E-state index contributed by atoms with van der Waals surface area (Å²) in [6, 6.07) is 11.7. The summed E-state index contributed by atoms with van der Waals surface area (Å²) in [6.45, 7) is 8.66. The van der Waals surface area contributed by atoms with Crippen LogP contribution in [0, 0.1) is 18.7 Å². The molecule has 3 aromatic rings. The number of nitrogen functional groups attached to an aromatic ring is 1. The van der Waals surface area contributed by atoms with Crippen LogP contribution in [0.25, 0.3) is 11.3 Å². The van der Waals surface area contributed by atoms with E-state index in [-0.39, 0.29) is 27.8 Å². The van der Waals surface area contributed by atoms with Crippen molar-refractivity contribution in [3.63, 3.8) is 0 Å². The van der Waals surface area contributed by atoms with Crippen molar-refractivity contribution in [1.29, 1.82) is 0 Å². The third kappa shape index (κ3) is 4.97. The normalized spacial score (nSPS) is 17.4. The number of pyridine rings is 2. The Bertz CT molecular complexity index is 1390. The molecular formula is C25H28FN5O3S. The van der Waals surface area contributed by atoms with Gasteiger partial charge >= 0.3 is 0 Å². The number of amides is 1. The van der Waals surface area contributed by atoms with Gasteiger partial charge in [-0.25, -0.2) is 19.1 Å². The van der Waals surface area contributed by atoms with Crippen LogP contribution in [0.15, 0.2) is 53.6 Å². The molecule has 3 N–H and O–H groups in total. The van der Waals surface area contributed by atoms with Crippen LogP contribution >= 0.6 is 0 Å². The summed E-state index contributed by atoms with van der Waals surface area (Å²) in [4.78, 5) is 24.1. The second-order valence-electron chi connectivity index (χ2n) is 9.60. The fourth-order valence-corrected chi connectivity index (χ4v) is 5.59. The molecule has 184 valence electrons. The Morgan fingerprint density at radius 1 is 1.17 bits per heavy atom. The standard InChI is InChI=1S/C25H28FN5O3S/c1-15-13-25(3,4)31(14-15)23-19(12-16(2)22(29-23)17-8-10-18(26)11-9-17)24(32)30-35(33,34)21-7-5-6-20(27)28-21/h5-12,15H,13-14H2,1-4H3,(H2,27,28)(H,30,32). The van der Waals surface area contributed by atoms with Crippen molar-refractivity contribution in [1.82, 2.24) is 14.7 Å². The molecule has 0 aliphatic carbocycles. The fraction of sp³-hybridized carbons (Fsp3) is 0.320. The third-order valence-corrected chi connectivity index (χ3v) is 7.36. The minimum atomic E-state index is -4.27. The van der Waals surface area contributed by atoms with Crippen molar-refractivity contribution in [2.75, 3.05) is 17.2 Å². The van der Waals surface area contributed by atoms with Crippen LogP contribution in [0.4, 0.5) is 16.0 Å². The number of hydrogen-bond acceptors (Lipinski definition) is 7. The molecule has 1 amide bonds. The molecule has 0 saturated carbocycles. The topological polar surface area (TPSA) is 118 Å². The zero-order valence-electron chi connectivity index (χ0n) is 20.0. The number of carbonyl (C=O) groups is 1. The van der Waals surface area contributed by atoms with Gasteiger partial charge in [0.05, 0.1) is 11.3 Å². The van der Waals surface area contributed by atoms with E-state index in [1.165, 1.54) is 30.3 Å². The molecule has 1 atom stereocenters. The first-order valence-electron chi connectivity index (χ1n) is 11.2. The van der Waals surface area contributed by atoms with E-state index < -0.39 is 15.9 Å². The molecule has 1 aliphatic rings. The number of rotatable bonds is 5. The highest BCUT2D eigenvalue weighted by Crippen LogP contribution is 2.39. The number of anilines is 2. The molecular weight excluding hydrogens is 469 g/mol. The van der Waals surface area contributed by atoms with Gasteiger partial charge in [0, 0.05) is 17.6 Å². The van der Waals surface area contributed by atoms with Gasteiger partial charge in [-0.1, -0.05) is 13.0 Å². The molecule has 3 heterocycles. The van der Waals surface area contributed by atoms with Gasteiger partial charge in [-0.15, -0.1) is 0 Å². The van der Waals surface area contributed by atoms with Crippen molar-refractivity contribution < 1.29 is 17.6 Å². The first-order valence-corrected chi connectivity index (χ1v) is 12.7. The number of carbonyl (C=O) groups excluding carboxylic acids is 1. The number of benzene rings is 1. The number of nitrogens with two attached hydrogens (primary N) is 1. The predicted molar refractivity (Wildman–Crippen MR) is 133 cm³/mol. The van der Waals surface area contributed by atoms with Crippen molar-refractivity contribution in [2.24, 2.45) is 5.92 Å². The molecule has 0 bridgehead atoms. The summed E-state index contributed by atoms with van der Waals surface area (Å²) in [6.07, 6.45) is 0.876. The lowest BCUT2D eigenvalue weighted by Crippen LogP contribution is -2.41. The maximum atomic E-state index is 13.5. The van der Waals surface area contributed by atoms with E-state index in [0.717, 1.165) is 6.42 Å². The van der Waals surface area contributed by atoms with Gasteiger partial charge in [-0.05, 0) is 81.1 Å². The monoisotopic (exact) mass is 497 g/mol. The molecule has 1 aliphatic heterocycles. The molecule has 4 rings (SSSR count). The van der Waals surface area contributed by atoms with Crippen LogP contribution in [-0.2, 0) is 10.0 Å². The van der Waals surface area contributed by atoms with Crippen LogP contribution in [0.2, 0.25) is 0 Å². The van der Waals surface area contributed by atoms with Crippen molar-refractivity contribution in [3.8, 4) is 11.3 Å². The summed E-state index contributed by atoms with van der Waals surface area (Å²) in [7, 11) is -4.27. The number of sulfonamides is 1. The number of nitrogens with zero attached hydrogens (tertiary/aromatic N) is 3. The maximum absolute atomic E-state index is 13.5. The molecule has 35 heavy (non-hydrogen) atoms. The van der Waals surface area contributed by atoms with Gasteiger partial charge in [0.15, 0.2) is 5.03 Å². The largest absolute Gasteiger partial charge is 0.384 e. The van der Waals surface area contributed by atoms with Gasteiger partial charge in [-0.3, -0.25) is 4.79 Å². The summed E-state index contributed by atoms with van der Waals surface area (Å²) in [5.74, 6) is -0.440. The second kappa shape index (κ2) is 8.92. The number of hydrogen-bond donors (Lipinski definition) is 2. The van der Waals surface area contributed by atoms with Gasteiger partial charge in [0.2, 0.25) is 0 Å². The number of nitrogens with one attached hydrogen (secondary N) is 1. The highest BCUT2D eigenvalue weighted by molar-refractivity contribution is 7.90. The van der Waals surface area contributed by atoms with Crippen molar-refractivity contribution >= 4 is 27.6 Å². The molecule has 0 radical (unpaired) electrons. The Kier molecular flexibility index (Phi) is 6.27. The number of halogens is 1. The van der Waals surface area contributed by atoms with E-state index in [0.29, 0.717) is 35.1 Å². The highest BCUT2D eigenvalue weighted by Gasteiger charge is 2.39. The van der Waals surface area contributed by atoms with Gasteiger partial charge in [0.1, 0.15) is 17.5 Å². The minimum Gasteiger partial charge on any atom is -0.384 e. The summed E-state index contributed by atoms with van der Waals surface area (Å²) in [5, 5.41) is -0.352. The molecule has 2 aromatic heterocycles. The Balaban J connectivity index is 1.82. The van der Waals surface area contributed by atoms with E-state index in [9.17, 15) is 17.6 Å². The molecule has 1 saturated heterocycles. The van der Waals surface area contributed by atoms with Crippen molar-refractivity contribution in [3.05, 3.63) is 65.5 Å². The molecule has 1 aromatic carbocycles. The van der Waals surface area contributed by atoms with Gasteiger partial charge < -0.3 is 10.6 Å². The average Bonchev–Trinajstić information content (AvgIpc) is 3.05. The molecule has 1 fully saturated rings. The smallest absolute Gasteiger partial charge is 0.281 e. The van der Waals surface area contributed by atoms with Crippen LogP contribution in [0.1, 0.15) is 43.1 Å². The predicted octanol–water partition coefficient (Wildman–Crippen LogP) is 3.92. The van der Waals surface area contributed by atoms with Crippen LogP contribution in [-0.4, -0.2) is 36.4 Å². The first kappa shape index (κ1) is 24.6. The van der Waals surface area contributed by atoms with Crippen LogP contribution < -0.4 is 15.4 Å². The first-order chi connectivity index (χ1) is 16.4. The Morgan fingerprint density at radius 2 is 1.86 bits per heavy atom. The SMILES string of the molecule is Cc1cc(C(=O)NS(=O)(=O)c2cccc(N)n2)c(N2CC(C)CC2(C)C)nc1-c1ccc(F)cc1. The highest BCUT2D eigenvalue weighted by atomic mass is 32.2. The zero-order valence-corrected chi connectivity index (χ0v) is 20.9. The minimum absolute atomic E-state index is 0.0231. The van der Waals surface area contributed by atoms with E-state index in [4.69, 9.17) is 10.7 Å². The third-order valence-electron chi connectivity index (χ3n) is 6.13. The Labute approximate surface area is 204 Å². The Hall–Kier alpha value is -3.53. The lowest BCUT2D eigenvalue weighted by molar-refractivity contribution is 0.0981.